The lowest BCUT2D eigenvalue weighted by Crippen LogP contribution is -2.17. The fourth-order valence-electron chi connectivity index (χ4n) is 1.64. The molecule has 0 heterocycles. The first-order valence-corrected chi connectivity index (χ1v) is 7.38. The SMILES string of the molecule is COc1ccc(C)cc1NC(=O)CSC(C)CCN. The van der Waals surface area contributed by atoms with Crippen LogP contribution in [0.15, 0.2) is 18.2 Å². The van der Waals surface area contributed by atoms with Crippen LogP contribution in [0, 0.1) is 6.92 Å². The number of methoxy groups -OCH3 is 1. The van der Waals surface area contributed by atoms with Crippen LogP contribution in [0.4, 0.5) is 5.69 Å². The summed E-state index contributed by atoms with van der Waals surface area (Å²) < 4.78 is 5.23. The maximum atomic E-state index is 11.9. The third kappa shape index (κ3) is 5.53. The minimum Gasteiger partial charge on any atom is -0.495 e. The van der Waals surface area contributed by atoms with Crippen molar-refractivity contribution in [2.45, 2.75) is 25.5 Å². The Kier molecular flexibility index (Phi) is 6.73. The van der Waals surface area contributed by atoms with Crippen molar-refractivity contribution in [3.05, 3.63) is 23.8 Å². The van der Waals surface area contributed by atoms with E-state index in [4.69, 9.17) is 10.5 Å². The molecule has 0 fully saturated rings. The quantitative estimate of drug-likeness (QED) is 0.806. The Morgan fingerprint density at radius 2 is 2.26 bits per heavy atom. The molecular weight excluding hydrogens is 260 g/mol. The van der Waals surface area contributed by atoms with Crippen LogP contribution in [0.1, 0.15) is 18.9 Å². The van der Waals surface area contributed by atoms with Crippen molar-refractivity contribution in [1.29, 1.82) is 0 Å². The van der Waals surface area contributed by atoms with Crippen LogP contribution in [-0.4, -0.2) is 30.6 Å². The van der Waals surface area contributed by atoms with E-state index in [1.807, 2.05) is 25.1 Å². The van der Waals surface area contributed by atoms with Crippen LogP contribution < -0.4 is 15.8 Å². The molecule has 5 heteroatoms. The number of ether oxygens (including phenoxy) is 1. The average molecular weight is 282 g/mol. The van der Waals surface area contributed by atoms with E-state index in [1.165, 1.54) is 0 Å². The van der Waals surface area contributed by atoms with Crippen molar-refractivity contribution in [3.63, 3.8) is 0 Å². The van der Waals surface area contributed by atoms with Crippen molar-refractivity contribution in [2.75, 3.05) is 24.7 Å². The van der Waals surface area contributed by atoms with E-state index in [2.05, 4.69) is 12.2 Å². The lowest BCUT2D eigenvalue weighted by Gasteiger charge is -2.12. The first kappa shape index (κ1) is 15.9. The summed E-state index contributed by atoms with van der Waals surface area (Å²) in [5.74, 6) is 1.09. The van der Waals surface area contributed by atoms with E-state index < -0.39 is 0 Å². The highest BCUT2D eigenvalue weighted by Gasteiger charge is 2.10. The number of amides is 1. The van der Waals surface area contributed by atoms with Gasteiger partial charge in [-0.05, 0) is 37.6 Å². The van der Waals surface area contributed by atoms with E-state index in [1.54, 1.807) is 18.9 Å². The molecule has 3 N–H and O–H groups in total. The second-order valence-electron chi connectivity index (χ2n) is 4.45. The number of benzene rings is 1. The number of rotatable bonds is 7. The summed E-state index contributed by atoms with van der Waals surface area (Å²) in [4.78, 5) is 11.9. The molecule has 1 aromatic rings. The molecule has 0 radical (unpaired) electrons. The van der Waals surface area contributed by atoms with E-state index in [0.717, 1.165) is 17.7 Å². The Labute approximate surface area is 119 Å². The molecular formula is C14H22N2O2S. The zero-order chi connectivity index (χ0) is 14.3. The number of aryl methyl sites for hydroxylation is 1. The average Bonchev–Trinajstić information content (AvgIpc) is 2.37. The zero-order valence-corrected chi connectivity index (χ0v) is 12.5. The Bertz CT molecular complexity index is 424. The number of nitrogens with one attached hydrogen (secondary N) is 1. The van der Waals surface area contributed by atoms with Gasteiger partial charge in [-0.3, -0.25) is 4.79 Å². The molecule has 0 saturated carbocycles. The number of hydrogen-bond donors (Lipinski definition) is 2. The van der Waals surface area contributed by atoms with Gasteiger partial charge in [0.05, 0.1) is 18.6 Å². The molecule has 0 aliphatic rings. The van der Waals surface area contributed by atoms with Crippen molar-refractivity contribution in [3.8, 4) is 5.75 Å². The fraction of sp³-hybridized carbons (Fsp3) is 0.500. The lowest BCUT2D eigenvalue weighted by atomic mass is 10.2. The molecule has 19 heavy (non-hydrogen) atoms. The monoisotopic (exact) mass is 282 g/mol. The van der Waals surface area contributed by atoms with Gasteiger partial charge >= 0.3 is 0 Å². The molecule has 0 aliphatic heterocycles. The van der Waals surface area contributed by atoms with Crippen molar-refractivity contribution < 1.29 is 9.53 Å². The van der Waals surface area contributed by atoms with Gasteiger partial charge in [-0.25, -0.2) is 0 Å². The van der Waals surface area contributed by atoms with E-state index in [9.17, 15) is 4.79 Å². The highest BCUT2D eigenvalue weighted by molar-refractivity contribution is 8.00. The van der Waals surface area contributed by atoms with Gasteiger partial charge in [0.2, 0.25) is 5.91 Å². The lowest BCUT2D eigenvalue weighted by molar-refractivity contribution is -0.113. The summed E-state index contributed by atoms with van der Waals surface area (Å²) >= 11 is 1.61. The van der Waals surface area contributed by atoms with Gasteiger partial charge in [0, 0.05) is 5.25 Å². The molecule has 1 rings (SSSR count). The summed E-state index contributed by atoms with van der Waals surface area (Å²) in [7, 11) is 1.60. The van der Waals surface area contributed by atoms with Crippen LogP contribution in [0.5, 0.6) is 5.75 Å². The van der Waals surface area contributed by atoms with Crippen LogP contribution in [0.3, 0.4) is 0 Å². The predicted molar refractivity (Wildman–Crippen MR) is 82.0 cm³/mol. The fourth-order valence-corrected chi connectivity index (χ4v) is 2.45. The molecule has 0 aromatic heterocycles. The Morgan fingerprint density at radius 3 is 2.89 bits per heavy atom. The summed E-state index contributed by atoms with van der Waals surface area (Å²) in [5, 5.41) is 3.28. The van der Waals surface area contributed by atoms with Crippen LogP contribution in [0.25, 0.3) is 0 Å². The maximum Gasteiger partial charge on any atom is 0.234 e. The highest BCUT2D eigenvalue weighted by Crippen LogP contribution is 2.25. The third-order valence-corrected chi connectivity index (χ3v) is 3.93. The minimum atomic E-state index is -0.0160. The molecule has 1 atom stereocenters. The van der Waals surface area contributed by atoms with Gasteiger partial charge < -0.3 is 15.8 Å². The molecule has 0 saturated heterocycles. The van der Waals surface area contributed by atoms with Crippen LogP contribution in [-0.2, 0) is 4.79 Å². The van der Waals surface area contributed by atoms with Crippen LogP contribution >= 0.6 is 11.8 Å². The smallest absolute Gasteiger partial charge is 0.234 e. The van der Waals surface area contributed by atoms with Gasteiger partial charge in [-0.15, -0.1) is 11.8 Å². The predicted octanol–water partition coefficient (Wildman–Crippen LogP) is 2.41. The largest absolute Gasteiger partial charge is 0.495 e. The number of nitrogens with two attached hydrogens (primary N) is 1. The molecule has 106 valence electrons. The second-order valence-corrected chi connectivity index (χ2v) is 5.88. The van der Waals surface area contributed by atoms with Crippen molar-refractivity contribution >= 4 is 23.4 Å². The standard InChI is InChI=1S/C14H22N2O2S/c1-10-4-5-13(18-3)12(8-10)16-14(17)9-19-11(2)6-7-15/h4-5,8,11H,6-7,9,15H2,1-3H3,(H,16,17). The van der Waals surface area contributed by atoms with Gasteiger partial charge in [-0.2, -0.15) is 0 Å². The Hall–Kier alpha value is -1.20. The molecule has 0 aliphatic carbocycles. The molecule has 0 spiro atoms. The van der Waals surface area contributed by atoms with Gasteiger partial charge in [0.25, 0.3) is 0 Å². The van der Waals surface area contributed by atoms with E-state index in [0.29, 0.717) is 23.3 Å². The minimum absolute atomic E-state index is 0.0160. The van der Waals surface area contributed by atoms with Gasteiger partial charge in [0.15, 0.2) is 0 Å². The normalized spacial score (nSPS) is 12.0. The molecule has 4 nitrogen and oxygen atoms in total. The number of carbonyl (C=O) groups is 1. The number of carbonyl (C=O) groups excluding carboxylic acids is 1. The number of anilines is 1. The zero-order valence-electron chi connectivity index (χ0n) is 11.7. The van der Waals surface area contributed by atoms with Gasteiger partial charge in [-0.1, -0.05) is 13.0 Å². The highest BCUT2D eigenvalue weighted by atomic mass is 32.2. The third-order valence-electron chi connectivity index (χ3n) is 2.70. The first-order chi connectivity index (χ1) is 9.06. The summed E-state index contributed by atoms with van der Waals surface area (Å²) in [6.45, 7) is 4.71. The van der Waals surface area contributed by atoms with Gasteiger partial charge in [0.1, 0.15) is 5.75 Å². The maximum absolute atomic E-state index is 11.9. The van der Waals surface area contributed by atoms with Crippen molar-refractivity contribution in [2.24, 2.45) is 5.73 Å². The topological polar surface area (TPSA) is 64.3 Å². The molecule has 1 aromatic carbocycles. The number of thioether (sulfide) groups is 1. The molecule has 1 unspecified atom stereocenters. The summed E-state index contributed by atoms with van der Waals surface area (Å²) in [6, 6.07) is 5.71. The second kappa shape index (κ2) is 8.07. The summed E-state index contributed by atoms with van der Waals surface area (Å²) in [5.41, 5.74) is 7.29. The first-order valence-electron chi connectivity index (χ1n) is 6.33. The summed E-state index contributed by atoms with van der Waals surface area (Å²) in [6.07, 6.45) is 0.922. The molecule has 0 bridgehead atoms. The van der Waals surface area contributed by atoms with Crippen molar-refractivity contribution in [1.82, 2.24) is 0 Å². The van der Waals surface area contributed by atoms with Crippen LogP contribution in [0.2, 0.25) is 0 Å². The van der Waals surface area contributed by atoms with E-state index in [-0.39, 0.29) is 5.91 Å². The van der Waals surface area contributed by atoms with E-state index >= 15 is 0 Å². The Morgan fingerprint density at radius 1 is 1.53 bits per heavy atom. The Balaban J connectivity index is 2.54. The number of hydrogen-bond acceptors (Lipinski definition) is 4. The molecule has 1 amide bonds.